The van der Waals surface area contributed by atoms with Gasteiger partial charge in [-0.2, -0.15) is 5.10 Å². The summed E-state index contributed by atoms with van der Waals surface area (Å²) in [5, 5.41) is 6.84. The van der Waals surface area contributed by atoms with Crippen molar-refractivity contribution in [3.05, 3.63) is 145 Å². The van der Waals surface area contributed by atoms with Gasteiger partial charge in [0.05, 0.1) is 44.0 Å². The molecule has 46 heavy (non-hydrogen) atoms. The Hall–Kier alpha value is -4.95. The Kier molecular flexibility index (Phi) is 9.33. The molecule has 2 aliphatic heterocycles. The molecule has 2 heterocycles. The van der Waals surface area contributed by atoms with E-state index in [0.29, 0.717) is 25.9 Å². The number of benzene rings is 5. The third-order valence-electron chi connectivity index (χ3n) is 7.84. The number of hydrazone groups is 1. The number of epoxide rings is 2. The normalized spacial score (nSPS) is 16.7. The molecule has 0 aliphatic carbocycles. The fourth-order valence-electron chi connectivity index (χ4n) is 5.13. The van der Waals surface area contributed by atoms with Crippen LogP contribution in [0.2, 0.25) is 0 Å². The molecule has 0 aromatic heterocycles. The SMILES string of the molecule is C(=NN(c1ccccc1)c1ccc(OCC2CO2)cc1)c1ccc(N(c2ccccc2)c2ccc(CCOCC3CO3)cc2)cc1. The smallest absolute Gasteiger partial charge is 0.119 e. The first kappa shape index (κ1) is 29.7. The maximum absolute atomic E-state index is 5.83. The van der Waals surface area contributed by atoms with E-state index in [0.717, 1.165) is 59.4 Å². The molecule has 2 unspecified atom stereocenters. The highest BCUT2D eigenvalue weighted by atomic mass is 16.6. The van der Waals surface area contributed by atoms with Crippen LogP contribution < -0.4 is 14.6 Å². The Bertz CT molecular complexity index is 1690. The lowest BCUT2D eigenvalue weighted by Gasteiger charge is -2.25. The standard InChI is InChI=1S/C39H37N3O4/c1-3-7-32(8-4-1)41(33-15-11-30(12-16-33)23-24-43-26-38-27-45-38)34-17-13-31(14-18-34)25-40-42(35-9-5-2-6-10-35)36-19-21-37(22-20-36)44-28-39-29-46-39/h1-22,25,38-39H,23-24,26-29H2. The van der Waals surface area contributed by atoms with Gasteiger partial charge in [0.15, 0.2) is 0 Å². The molecule has 7 nitrogen and oxygen atoms in total. The van der Waals surface area contributed by atoms with Crippen molar-refractivity contribution in [2.24, 2.45) is 5.10 Å². The van der Waals surface area contributed by atoms with Gasteiger partial charge < -0.3 is 23.8 Å². The summed E-state index contributed by atoms with van der Waals surface area (Å²) >= 11 is 0. The number of hydrogen-bond donors (Lipinski definition) is 0. The van der Waals surface area contributed by atoms with E-state index in [4.69, 9.17) is 24.0 Å². The van der Waals surface area contributed by atoms with Crippen LogP contribution in [-0.4, -0.2) is 51.5 Å². The van der Waals surface area contributed by atoms with E-state index in [1.54, 1.807) is 0 Å². The summed E-state index contributed by atoms with van der Waals surface area (Å²) in [6.07, 6.45) is 3.29. The van der Waals surface area contributed by atoms with Crippen molar-refractivity contribution in [3.63, 3.8) is 0 Å². The van der Waals surface area contributed by atoms with Crippen LogP contribution in [-0.2, 0) is 20.6 Å². The topological polar surface area (TPSA) is 62.4 Å². The first-order valence-corrected chi connectivity index (χ1v) is 15.8. The average molecular weight is 612 g/mol. The quantitative estimate of drug-likeness (QED) is 0.0517. The molecule has 0 radical (unpaired) electrons. The van der Waals surface area contributed by atoms with Gasteiger partial charge in [-0.15, -0.1) is 0 Å². The summed E-state index contributed by atoms with van der Waals surface area (Å²) in [5.74, 6) is 0.817. The van der Waals surface area contributed by atoms with Crippen LogP contribution in [0.3, 0.4) is 0 Å². The van der Waals surface area contributed by atoms with Crippen LogP contribution in [0, 0.1) is 0 Å². The fraction of sp³-hybridized carbons (Fsp3) is 0.205. The molecule has 2 atom stereocenters. The van der Waals surface area contributed by atoms with Gasteiger partial charge in [-0.05, 0) is 90.3 Å². The number of para-hydroxylation sites is 2. The Morgan fingerprint density at radius 3 is 1.76 bits per heavy atom. The Morgan fingerprint density at radius 1 is 0.609 bits per heavy atom. The molecule has 0 amide bonds. The van der Waals surface area contributed by atoms with Crippen molar-refractivity contribution in [1.29, 1.82) is 0 Å². The minimum absolute atomic E-state index is 0.222. The van der Waals surface area contributed by atoms with Crippen molar-refractivity contribution in [2.75, 3.05) is 42.9 Å². The van der Waals surface area contributed by atoms with Gasteiger partial charge in [-0.3, -0.25) is 0 Å². The zero-order valence-electron chi connectivity index (χ0n) is 25.7. The molecule has 0 spiro atoms. The lowest BCUT2D eigenvalue weighted by Crippen LogP contribution is -2.11. The van der Waals surface area contributed by atoms with Crippen molar-refractivity contribution >= 4 is 34.7 Å². The summed E-state index contributed by atoms with van der Waals surface area (Å²) < 4.78 is 22.1. The molecule has 2 saturated heterocycles. The van der Waals surface area contributed by atoms with Crippen LogP contribution in [0.15, 0.2) is 139 Å². The molecular formula is C39H37N3O4. The van der Waals surface area contributed by atoms with Crippen LogP contribution in [0.5, 0.6) is 5.75 Å². The second-order valence-electron chi connectivity index (χ2n) is 11.4. The molecule has 5 aromatic carbocycles. The van der Waals surface area contributed by atoms with Crippen LogP contribution in [0.1, 0.15) is 11.1 Å². The van der Waals surface area contributed by atoms with Gasteiger partial charge >= 0.3 is 0 Å². The van der Waals surface area contributed by atoms with Crippen LogP contribution in [0.25, 0.3) is 0 Å². The van der Waals surface area contributed by atoms with Gasteiger partial charge in [-0.25, -0.2) is 5.01 Å². The zero-order valence-corrected chi connectivity index (χ0v) is 25.7. The van der Waals surface area contributed by atoms with E-state index in [1.165, 1.54) is 5.56 Å². The van der Waals surface area contributed by atoms with E-state index >= 15 is 0 Å². The predicted molar refractivity (Wildman–Crippen MR) is 183 cm³/mol. The lowest BCUT2D eigenvalue weighted by molar-refractivity contribution is 0.119. The molecular weight excluding hydrogens is 574 g/mol. The minimum Gasteiger partial charge on any atom is -0.491 e. The van der Waals surface area contributed by atoms with E-state index in [9.17, 15) is 0 Å². The summed E-state index contributed by atoms with van der Waals surface area (Å²) in [5.41, 5.74) is 7.41. The maximum atomic E-state index is 5.83. The minimum atomic E-state index is 0.222. The van der Waals surface area contributed by atoms with Gasteiger partial charge in [-0.1, -0.05) is 60.7 Å². The highest BCUT2D eigenvalue weighted by molar-refractivity contribution is 5.84. The summed E-state index contributed by atoms with van der Waals surface area (Å²) in [6.45, 7) is 3.56. The third-order valence-corrected chi connectivity index (χ3v) is 7.84. The molecule has 7 rings (SSSR count). The molecule has 2 fully saturated rings. The zero-order chi connectivity index (χ0) is 31.0. The summed E-state index contributed by atoms with van der Waals surface area (Å²) in [6, 6.07) is 45.8. The van der Waals surface area contributed by atoms with E-state index in [1.807, 2.05) is 59.8 Å². The van der Waals surface area contributed by atoms with Crippen LogP contribution in [0.4, 0.5) is 28.4 Å². The maximum Gasteiger partial charge on any atom is 0.119 e. The fourth-order valence-corrected chi connectivity index (χ4v) is 5.13. The summed E-state index contributed by atoms with van der Waals surface area (Å²) in [7, 11) is 0. The third kappa shape index (κ3) is 8.00. The van der Waals surface area contributed by atoms with E-state index in [2.05, 4.69) is 89.8 Å². The number of hydrogen-bond acceptors (Lipinski definition) is 7. The Labute approximate surface area is 270 Å². The first-order valence-electron chi connectivity index (χ1n) is 15.8. The van der Waals surface area contributed by atoms with Gasteiger partial charge in [0, 0.05) is 17.1 Å². The number of anilines is 5. The molecule has 5 aromatic rings. The van der Waals surface area contributed by atoms with Gasteiger partial charge in [0.25, 0.3) is 0 Å². The predicted octanol–water partition coefficient (Wildman–Crippen LogP) is 8.06. The van der Waals surface area contributed by atoms with E-state index in [-0.39, 0.29) is 6.10 Å². The Morgan fingerprint density at radius 2 is 1.13 bits per heavy atom. The highest BCUT2D eigenvalue weighted by Gasteiger charge is 2.23. The largest absolute Gasteiger partial charge is 0.491 e. The van der Waals surface area contributed by atoms with E-state index < -0.39 is 0 Å². The van der Waals surface area contributed by atoms with Gasteiger partial charge in [0.1, 0.15) is 24.6 Å². The van der Waals surface area contributed by atoms with Crippen molar-refractivity contribution < 1.29 is 18.9 Å². The van der Waals surface area contributed by atoms with Gasteiger partial charge in [0.2, 0.25) is 0 Å². The lowest BCUT2D eigenvalue weighted by atomic mass is 10.1. The number of nitrogens with zero attached hydrogens (tertiary/aromatic N) is 3. The van der Waals surface area contributed by atoms with Crippen LogP contribution >= 0.6 is 0 Å². The molecule has 0 N–H and O–H groups in total. The molecule has 0 bridgehead atoms. The van der Waals surface area contributed by atoms with Crippen molar-refractivity contribution in [3.8, 4) is 5.75 Å². The molecule has 2 aliphatic rings. The highest BCUT2D eigenvalue weighted by Crippen LogP contribution is 2.35. The van der Waals surface area contributed by atoms with Crippen molar-refractivity contribution in [1.82, 2.24) is 0 Å². The Balaban J connectivity index is 1.08. The first-order chi connectivity index (χ1) is 22.8. The van der Waals surface area contributed by atoms with Crippen molar-refractivity contribution in [2.45, 2.75) is 18.6 Å². The average Bonchev–Trinajstić information content (AvgIpc) is 4.06. The second kappa shape index (κ2) is 14.4. The second-order valence-corrected chi connectivity index (χ2v) is 11.4. The molecule has 232 valence electrons. The molecule has 0 saturated carbocycles. The summed E-state index contributed by atoms with van der Waals surface area (Å²) in [4.78, 5) is 2.26. The number of ether oxygens (including phenoxy) is 4. The molecule has 7 heteroatoms. The monoisotopic (exact) mass is 611 g/mol. The number of rotatable bonds is 15.